The van der Waals surface area contributed by atoms with Crippen LogP contribution in [-0.4, -0.2) is 11.7 Å². The number of halogens is 1. The van der Waals surface area contributed by atoms with Crippen molar-refractivity contribution >= 4 is 15.9 Å². The molecule has 0 atom stereocenters. The van der Waals surface area contributed by atoms with Crippen molar-refractivity contribution in [3.63, 3.8) is 0 Å². The van der Waals surface area contributed by atoms with Gasteiger partial charge in [0.05, 0.1) is 11.1 Å². The van der Waals surface area contributed by atoms with E-state index in [1.165, 1.54) is 0 Å². The summed E-state index contributed by atoms with van der Waals surface area (Å²) in [5, 5.41) is 9.08. The summed E-state index contributed by atoms with van der Waals surface area (Å²) >= 11 is 3.37. The number of ether oxygens (including phenoxy) is 1. The average Bonchev–Trinajstić information content (AvgIpc) is 2.15. The van der Waals surface area contributed by atoms with Gasteiger partial charge < -0.3 is 9.84 Å². The fourth-order valence-electron chi connectivity index (χ4n) is 1.04. The molecule has 1 aromatic rings. The lowest BCUT2D eigenvalue weighted by molar-refractivity contribution is 0.268. The maximum atomic E-state index is 9.08. The first-order valence-corrected chi connectivity index (χ1v) is 5.10. The summed E-state index contributed by atoms with van der Waals surface area (Å²) in [6.45, 7) is 6.10. The summed E-state index contributed by atoms with van der Waals surface area (Å²) in [7, 11) is 0. The van der Waals surface area contributed by atoms with Crippen LogP contribution in [0.1, 0.15) is 12.5 Å². The van der Waals surface area contributed by atoms with Crippen molar-refractivity contribution in [3.05, 3.63) is 40.4 Å². The molecule has 1 aromatic carbocycles. The number of para-hydroxylation sites is 1. The summed E-state index contributed by atoms with van der Waals surface area (Å²) in [5.74, 6) is 0.693. The minimum absolute atomic E-state index is 0.0229. The largest absolute Gasteiger partial charge is 0.488 e. The van der Waals surface area contributed by atoms with Gasteiger partial charge >= 0.3 is 0 Å². The Balaban J connectivity index is 2.87. The lowest BCUT2D eigenvalue weighted by Gasteiger charge is -2.11. The molecule has 0 amide bonds. The highest BCUT2D eigenvalue weighted by molar-refractivity contribution is 9.10. The van der Waals surface area contributed by atoms with Crippen molar-refractivity contribution in [3.8, 4) is 5.75 Å². The first-order chi connectivity index (χ1) is 6.65. The van der Waals surface area contributed by atoms with E-state index >= 15 is 0 Å². The molecule has 0 radical (unpaired) electrons. The van der Waals surface area contributed by atoms with Crippen molar-refractivity contribution in [1.82, 2.24) is 0 Å². The summed E-state index contributed by atoms with van der Waals surface area (Å²) in [5.41, 5.74) is 1.73. The zero-order valence-electron chi connectivity index (χ0n) is 8.09. The molecule has 0 saturated heterocycles. The molecule has 0 saturated carbocycles. The van der Waals surface area contributed by atoms with Crippen LogP contribution in [0.3, 0.4) is 0 Å². The summed E-state index contributed by atoms with van der Waals surface area (Å²) < 4.78 is 6.37. The minimum atomic E-state index is -0.0229. The Labute approximate surface area is 92.3 Å². The van der Waals surface area contributed by atoms with E-state index in [1.807, 2.05) is 25.1 Å². The Bertz CT molecular complexity index is 334. The number of hydrogen-bond acceptors (Lipinski definition) is 2. The second-order valence-corrected chi connectivity index (χ2v) is 3.99. The van der Waals surface area contributed by atoms with Crippen LogP contribution < -0.4 is 4.74 Å². The first-order valence-electron chi connectivity index (χ1n) is 4.30. The summed E-state index contributed by atoms with van der Waals surface area (Å²) in [6, 6.07) is 5.58. The SMILES string of the molecule is C=C(C)COc1c(Br)cccc1CO. The van der Waals surface area contributed by atoms with Crippen LogP contribution in [0.2, 0.25) is 0 Å². The predicted molar refractivity (Wildman–Crippen MR) is 60.4 cm³/mol. The van der Waals surface area contributed by atoms with Crippen LogP contribution in [0.25, 0.3) is 0 Å². The third kappa shape index (κ3) is 2.86. The van der Waals surface area contributed by atoms with Crippen LogP contribution in [0.4, 0.5) is 0 Å². The molecule has 0 aliphatic rings. The van der Waals surface area contributed by atoms with E-state index in [-0.39, 0.29) is 6.61 Å². The molecule has 14 heavy (non-hydrogen) atoms. The molecule has 3 heteroatoms. The van der Waals surface area contributed by atoms with Crippen molar-refractivity contribution < 1.29 is 9.84 Å². The number of benzene rings is 1. The van der Waals surface area contributed by atoms with Gasteiger partial charge in [0.15, 0.2) is 0 Å². The number of aliphatic hydroxyl groups is 1. The number of aliphatic hydroxyl groups excluding tert-OH is 1. The fraction of sp³-hybridized carbons (Fsp3) is 0.273. The average molecular weight is 257 g/mol. The lowest BCUT2D eigenvalue weighted by Crippen LogP contribution is -2.01. The monoisotopic (exact) mass is 256 g/mol. The van der Waals surface area contributed by atoms with Gasteiger partial charge in [-0.05, 0) is 34.5 Å². The number of hydrogen-bond donors (Lipinski definition) is 1. The van der Waals surface area contributed by atoms with E-state index in [9.17, 15) is 0 Å². The Morgan fingerprint density at radius 3 is 2.86 bits per heavy atom. The van der Waals surface area contributed by atoms with Crippen molar-refractivity contribution in [1.29, 1.82) is 0 Å². The molecule has 0 aromatic heterocycles. The van der Waals surface area contributed by atoms with E-state index in [0.717, 1.165) is 15.6 Å². The van der Waals surface area contributed by atoms with E-state index in [2.05, 4.69) is 22.5 Å². The molecule has 2 nitrogen and oxygen atoms in total. The van der Waals surface area contributed by atoms with Gasteiger partial charge in [0, 0.05) is 5.56 Å². The molecule has 0 fully saturated rings. The van der Waals surface area contributed by atoms with Gasteiger partial charge in [-0.25, -0.2) is 0 Å². The Kier molecular flexibility index (Phi) is 4.17. The van der Waals surface area contributed by atoms with Crippen LogP contribution in [0.5, 0.6) is 5.75 Å². The Morgan fingerprint density at radius 2 is 2.29 bits per heavy atom. The van der Waals surface area contributed by atoms with Gasteiger partial charge in [-0.3, -0.25) is 0 Å². The molecule has 0 unspecified atom stereocenters. The van der Waals surface area contributed by atoms with E-state index in [1.54, 1.807) is 0 Å². The maximum Gasteiger partial charge on any atom is 0.139 e. The molecule has 0 aliphatic heterocycles. The predicted octanol–water partition coefficient (Wildman–Crippen LogP) is 2.90. The molecule has 0 aliphatic carbocycles. The molecule has 0 heterocycles. The standard InChI is InChI=1S/C11H13BrO2/c1-8(2)7-14-11-9(6-13)4-3-5-10(11)12/h3-5,13H,1,6-7H2,2H3. The quantitative estimate of drug-likeness (QED) is 0.840. The van der Waals surface area contributed by atoms with Crippen molar-refractivity contribution in [2.24, 2.45) is 0 Å². The summed E-state index contributed by atoms with van der Waals surface area (Å²) in [6.07, 6.45) is 0. The third-order valence-electron chi connectivity index (χ3n) is 1.68. The maximum absolute atomic E-state index is 9.08. The highest BCUT2D eigenvalue weighted by Crippen LogP contribution is 2.29. The second-order valence-electron chi connectivity index (χ2n) is 3.13. The lowest BCUT2D eigenvalue weighted by atomic mass is 10.2. The van der Waals surface area contributed by atoms with Gasteiger partial charge in [-0.2, -0.15) is 0 Å². The van der Waals surface area contributed by atoms with E-state index in [0.29, 0.717) is 12.4 Å². The second kappa shape index (κ2) is 5.17. The van der Waals surface area contributed by atoms with Gasteiger partial charge in [0.2, 0.25) is 0 Å². The Hall–Kier alpha value is -0.800. The zero-order chi connectivity index (χ0) is 10.6. The first kappa shape index (κ1) is 11.3. The molecule has 0 spiro atoms. The third-order valence-corrected chi connectivity index (χ3v) is 2.31. The Morgan fingerprint density at radius 1 is 1.57 bits per heavy atom. The molecule has 1 N–H and O–H groups in total. The zero-order valence-corrected chi connectivity index (χ0v) is 9.67. The topological polar surface area (TPSA) is 29.5 Å². The van der Waals surface area contributed by atoms with Crippen molar-refractivity contribution in [2.45, 2.75) is 13.5 Å². The van der Waals surface area contributed by atoms with Crippen LogP contribution in [0.15, 0.2) is 34.8 Å². The minimum Gasteiger partial charge on any atom is -0.488 e. The van der Waals surface area contributed by atoms with Gasteiger partial charge in [-0.15, -0.1) is 0 Å². The van der Waals surface area contributed by atoms with Gasteiger partial charge in [0.25, 0.3) is 0 Å². The van der Waals surface area contributed by atoms with E-state index < -0.39 is 0 Å². The smallest absolute Gasteiger partial charge is 0.139 e. The highest BCUT2D eigenvalue weighted by Gasteiger charge is 2.06. The molecule has 1 rings (SSSR count). The molecular weight excluding hydrogens is 244 g/mol. The fourth-order valence-corrected chi connectivity index (χ4v) is 1.56. The van der Waals surface area contributed by atoms with Crippen LogP contribution >= 0.6 is 15.9 Å². The molecular formula is C11H13BrO2. The highest BCUT2D eigenvalue weighted by atomic mass is 79.9. The van der Waals surface area contributed by atoms with Crippen LogP contribution in [0, 0.1) is 0 Å². The van der Waals surface area contributed by atoms with Crippen molar-refractivity contribution in [2.75, 3.05) is 6.61 Å². The molecule has 76 valence electrons. The molecule has 0 bridgehead atoms. The van der Waals surface area contributed by atoms with Gasteiger partial charge in [0.1, 0.15) is 12.4 Å². The normalized spacial score (nSPS) is 9.93. The van der Waals surface area contributed by atoms with Crippen LogP contribution in [-0.2, 0) is 6.61 Å². The summed E-state index contributed by atoms with van der Waals surface area (Å²) in [4.78, 5) is 0. The van der Waals surface area contributed by atoms with E-state index in [4.69, 9.17) is 9.84 Å². The number of rotatable bonds is 4. The van der Waals surface area contributed by atoms with Gasteiger partial charge in [-0.1, -0.05) is 18.7 Å².